The molecule has 0 saturated carbocycles. The summed E-state index contributed by atoms with van der Waals surface area (Å²) in [6.45, 7) is -2.69. The fraction of sp³-hybridized carbons (Fsp3) is 1.00. The highest BCUT2D eigenvalue weighted by atomic mass is 31.2. The van der Waals surface area contributed by atoms with Gasteiger partial charge < -0.3 is 57.9 Å². The minimum absolute atomic E-state index is 0. The van der Waals surface area contributed by atoms with Crippen LogP contribution in [0.5, 0.6) is 0 Å². The molecule has 0 fully saturated rings. The van der Waals surface area contributed by atoms with E-state index in [2.05, 4.69) is 33.3 Å². The smallest absolute Gasteiger partial charge is 0.267 e. The lowest BCUT2D eigenvalue weighted by Gasteiger charge is -2.28. The van der Waals surface area contributed by atoms with E-state index in [4.69, 9.17) is 10.00 Å². The molecule has 4 N–H and O–H groups in total. The van der Waals surface area contributed by atoms with Gasteiger partial charge in [0.1, 0.15) is 0 Å². The van der Waals surface area contributed by atoms with Gasteiger partial charge in [0, 0.05) is 31.5 Å². The molecule has 5 atom stereocenters. The number of rotatable bonds is 19. The largest absolute Gasteiger partial charge is 0.756 e. The van der Waals surface area contributed by atoms with Crippen molar-refractivity contribution in [3.05, 3.63) is 0 Å². The quantitative estimate of drug-likeness (QED) is 0.108. The SMILES string of the molecule is C.C.CNCC(CO)COP(=O)([O-])OCCOP(=O)([O-])OCC(CNC)COP(=O)([O-])O. The van der Waals surface area contributed by atoms with Gasteiger partial charge in [0.05, 0.1) is 33.0 Å². The van der Waals surface area contributed by atoms with Crippen molar-refractivity contribution in [1.29, 1.82) is 0 Å². The molecule has 18 heteroatoms. The molecule has 0 aliphatic carbocycles. The molecule has 15 nitrogen and oxygen atoms in total. The molecular formula is C14H36N2O13P3-3. The van der Waals surface area contributed by atoms with Crippen molar-refractivity contribution in [2.75, 3.05) is 66.8 Å². The van der Waals surface area contributed by atoms with Crippen molar-refractivity contribution >= 4 is 23.5 Å². The topological polar surface area (TPSA) is 231 Å². The molecule has 0 bridgehead atoms. The summed E-state index contributed by atoms with van der Waals surface area (Å²) in [6, 6.07) is 0. The minimum Gasteiger partial charge on any atom is -0.756 e. The summed E-state index contributed by atoms with van der Waals surface area (Å²) in [4.78, 5) is 42.4. The Hall–Kier alpha value is 0.210. The number of hydrogen-bond acceptors (Lipinski definition) is 14. The highest BCUT2D eigenvalue weighted by molar-refractivity contribution is 7.46. The average Bonchev–Trinajstić information content (AvgIpc) is 2.64. The molecule has 0 radical (unpaired) electrons. The zero-order chi connectivity index (χ0) is 23.3. The summed E-state index contributed by atoms with van der Waals surface area (Å²) in [5.74, 6) is -1.25. The first-order valence-electron chi connectivity index (χ1n) is 8.62. The highest BCUT2D eigenvalue weighted by Crippen LogP contribution is 2.41. The Morgan fingerprint density at radius 1 is 0.750 bits per heavy atom. The fourth-order valence-corrected chi connectivity index (χ4v) is 3.82. The minimum atomic E-state index is -4.98. The van der Waals surface area contributed by atoms with Crippen LogP contribution < -0.4 is 25.3 Å². The molecule has 0 aliphatic rings. The molecular weight excluding hydrogens is 497 g/mol. The Morgan fingerprint density at radius 2 is 1.12 bits per heavy atom. The third-order valence-electron chi connectivity index (χ3n) is 3.24. The van der Waals surface area contributed by atoms with Gasteiger partial charge >= 0.3 is 0 Å². The Morgan fingerprint density at radius 3 is 1.50 bits per heavy atom. The van der Waals surface area contributed by atoms with Crippen LogP contribution in [-0.4, -0.2) is 76.8 Å². The first-order valence-corrected chi connectivity index (χ1v) is 13.0. The van der Waals surface area contributed by atoms with E-state index in [1.165, 1.54) is 7.05 Å². The highest BCUT2D eigenvalue weighted by Gasteiger charge is 2.18. The second-order valence-electron chi connectivity index (χ2n) is 5.95. The lowest BCUT2D eigenvalue weighted by atomic mass is 10.2. The maximum atomic E-state index is 11.7. The summed E-state index contributed by atoms with van der Waals surface area (Å²) >= 11 is 0. The number of nitrogens with one attached hydrogen (secondary N) is 2. The van der Waals surface area contributed by atoms with Crippen LogP contribution in [0, 0.1) is 11.8 Å². The monoisotopic (exact) mass is 533 g/mol. The van der Waals surface area contributed by atoms with Crippen LogP contribution in [0.2, 0.25) is 0 Å². The summed E-state index contributed by atoms with van der Waals surface area (Å²) in [7, 11) is -11.4. The van der Waals surface area contributed by atoms with Crippen LogP contribution >= 0.6 is 23.5 Å². The van der Waals surface area contributed by atoms with Crippen LogP contribution in [-0.2, 0) is 36.3 Å². The van der Waals surface area contributed by atoms with E-state index in [9.17, 15) is 28.4 Å². The molecule has 0 saturated heterocycles. The van der Waals surface area contributed by atoms with Crippen LogP contribution in [0.1, 0.15) is 14.9 Å². The first-order chi connectivity index (χ1) is 13.8. The molecule has 32 heavy (non-hydrogen) atoms. The van der Waals surface area contributed by atoms with E-state index < -0.39 is 61.7 Å². The lowest BCUT2D eigenvalue weighted by molar-refractivity contribution is -0.234. The standard InChI is InChI=1S/C12H31N2O13P3.2CH4/c1-13-5-11(7-15)8-26-29(19,20)23-3-4-24-30(21,22)27-10-12(6-14-2)9-25-28(16,17)18;;/h11-15H,3-10H2,1-2H3,(H,19,20)(H,21,22)(H2,16,17,18);2*1H4/p-3. The molecule has 0 aromatic rings. The van der Waals surface area contributed by atoms with E-state index in [1.807, 2.05) is 0 Å². The van der Waals surface area contributed by atoms with Gasteiger partial charge in [-0.2, -0.15) is 0 Å². The number of hydrogen-bond donors (Lipinski definition) is 4. The van der Waals surface area contributed by atoms with E-state index in [0.717, 1.165) is 0 Å². The van der Waals surface area contributed by atoms with Crippen molar-refractivity contribution in [2.24, 2.45) is 11.8 Å². The van der Waals surface area contributed by atoms with Gasteiger partial charge in [-0.1, -0.05) is 14.9 Å². The maximum absolute atomic E-state index is 11.7. The van der Waals surface area contributed by atoms with Gasteiger partial charge in [-0.25, -0.2) is 0 Å². The van der Waals surface area contributed by atoms with Crippen LogP contribution in [0.15, 0.2) is 0 Å². The molecule has 198 valence electrons. The van der Waals surface area contributed by atoms with E-state index in [1.54, 1.807) is 7.05 Å². The summed E-state index contributed by atoms with van der Waals surface area (Å²) in [5.41, 5.74) is 0. The van der Waals surface area contributed by atoms with Gasteiger partial charge in [0.2, 0.25) is 0 Å². The van der Waals surface area contributed by atoms with Crippen molar-refractivity contribution < 1.29 is 61.0 Å². The molecule has 0 spiro atoms. The number of aliphatic hydroxyl groups is 1. The zero-order valence-electron chi connectivity index (χ0n) is 16.5. The van der Waals surface area contributed by atoms with E-state index in [-0.39, 0.29) is 34.6 Å². The number of phosphoric ester groups is 3. The predicted molar refractivity (Wildman–Crippen MR) is 110 cm³/mol. The molecule has 0 aliphatic heterocycles. The molecule has 0 amide bonds. The lowest BCUT2D eigenvalue weighted by Crippen LogP contribution is -2.28. The normalized spacial score (nSPS) is 18.8. The third kappa shape index (κ3) is 20.8. The van der Waals surface area contributed by atoms with Crippen molar-refractivity contribution in [3.8, 4) is 0 Å². The average molecular weight is 533 g/mol. The Labute approximate surface area is 189 Å². The van der Waals surface area contributed by atoms with Crippen LogP contribution in [0.4, 0.5) is 0 Å². The number of aliphatic hydroxyl groups excluding tert-OH is 1. The van der Waals surface area contributed by atoms with Crippen molar-refractivity contribution in [1.82, 2.24) is 10.6 Å². The van der Waals surface area contributed by atoms with E-state index in [0.29, 0.717) is 6.54 Å². The van der Waals surface area contributed by atoms with Crippen molar-refractivity contribution in [3.63, 3.8) is 0 Å². The summed E-state index contributed by atoms with van der Waals surface area (Å²) in [6.07, 6.45) is 0. The van der Waals surface area contributed by atoms with Gasteiger partial charge in [-0.3, -0.25) is 13.7 Å². The van der Waals surface area contributed by atoms with Gasteiger partial charge in [-0.15, -0.1) is 0 Å². The Kier molecular flexibility index (Phi) is 21.3. The predicted octanol–water partition coefficient (Wildman–Crippen LogP) is -1.60. The Balaban J connectivity index is -0.00000420. The molecule has 0 aromatic carbocycles. The maximum Gasteiger partial charge on any atom is 0.267 e. The summed E-state index contributed by atoms with van der Waals surface area (Å²) < 4.78 is 56.1. The van der Waals surface area contributed by atoms with Gasteiger partial charge in [0.25, 0.3) is 23.5 Å². The fourth-order valence-electron chi connectivity index (χ4n) is 1.89. The van der Waals surface area contributed by atoms with Crippen LogP contribution in [0.25, 0.3) is 0 Å². The second-order valence-corrected chi connectivity index (χ2v) is 9.96. The molecule has 5 unspecified atom stereocenters. The van der Waals surface area contributed by atoms with Gasteiger partial charge in [-0.05, 0) is 14.1 Å². The van der Waals surface area contributed by atoms with Crippen LogP contribution in [0.3, 0.4) is 0 Å². The molecule has 0 rings (SSSR count). The van der Waals surface area contributed by atoms with Crippen molar-refractivity contribution in [2.45, 2.75) is 14.9 Å². The third-order valence-corrected chi connectivity index (χ3v) is 5.64. The molecule has 0 aromatic heterocycles. The first kappa shape index (κ1) is 36.8. The summed E-state index contributed by atoms with van der Waals surface area (Å²) in [5, 5.41) is 14.4. The number of phosphoric acid groups is 3. The van der Waals surface area contributed by atoms with Gasteiger partial charge in [0.15, 0.2) is 0 Å². The zero-order valence-corrected chi connectivity index (χ0v) is 19.2. The molecule has 0 heterocycles. The second kappa shape index (κ2) is 18.5. The van der Waals surface area contributed by atoms with E-state index >= 15 is 0 Å². The Bertz CT molecular complexity index is 606.